The molecule has 2 saturated carbocycles. The van der Waals surface area contributed by atoms with E-state index in [9.17, 15) is 45.0 Å². The van der Waals surface area contributed by atoms with E-state index < -0.39 is 78.4 Å². The third-order valence-corrected chi connectivity index (χ3v) is 11.3. The average molecular weight is 625 g/mol. The molecular formula is C25H28ClF3N2O7S2. The van der Waals surface area contributed by atoms with E-state index in [1.807, 2.05) is 0 Å². The number of benzene rings is 2. The summed E-state index contributed by atoms with van der Waals surface area (Å²) < 4.78 is 93.2. The Morgan fingerprint density at radius 1 is 1.07 bits per heavy atom. The first-order valence-electron chi connectivity index (χ1n) is 12.3. The molecular weight excluding hydrogens is 597 g/mol. The van der Waals surface area contributed by atoms with E-state index in [1.165, 1.54) is 12.1 Å². The number of nitrogens with one attached hydrogen (secondary N) is 2. The number of rotatable bonds is 9. The van der Waals surface area contributed by atoms with Gasteiger partial charge < -0.3 is 15.5 Å². The van der Waals surface area contributed by atoms with E-state index in [0.29, 0.717) is 25.0 Å². The summed E-state index contributed by atoms with van der Waals surface area (Å²) in [4.78, 5) is 12.4. The van der Waals surface area contributed by atoms with Gasteiger partial charge in [0, 0.05) is 42.5 Å². The molecule has 0 saturated heterocycles. The Morgan fingerprint density at radius 3 is 2.17 bits per heavy atom. The topological polar surface area (TPSA) is 150 Å². The molecule has 3 unspecified atom stereocenters. The summed E-state index contributed by atoms with van der Waals surface area (Å²) in [7, 11) is -7.74. The van der Waals surface area contributed by atoms with Gasteiger partial charge in [0.2, 0.25) is 10.0 Å². The highest BCUT2D eigenvalue weighted by molar-refractivity contribution is 7.92. The summed E-state index contributed by atoms with van der Waals surface area (Å²) in [6.07, 6.45) is 1.95. The zero-order valence-electron chi connectivity index (χ0n) is 21.2. The van der Waals surface area contributed by atoms with Gasteiger partial charge in [-0.05, 0) is 55.7 Å². The van der Waals surface area contributed by atoms with Gasteiger partial charge in [-0.1, -0.05) is 11.6 Å². The maximum Gasteiger partial charge on any atom is 0.255 e. The lowest BCUT2D eigenvalue weighted by molar-refractivity contribution is -0.115. The molecule has 0 radical (unpaired) electrons. The van der Waals surface area contributed by atoms with Crippen molar-refractivity contribution in [3.63, 3.8) is 0 Å². The molecule has 40 heavy (non-hydrogen) atoms. The fourth-order valence-corrected chi connectivity index (χ4v) is 8.87. The highest BCUT2D eigenvalue weighted by Gasteiger charge is 2.58. The molecule has 2 aliphatic carbocycles. The van der Waals surface area contributed by atoms with Crippen LogP contribution in [0.4, 0.5) is 18.9 Å². The van der Waals surface area contributed by atoms with Gasteiger partial charge in [-0.25, -0.2) is 34.7 Å². The summed E-state index contributed by atoms with van der Waals surface area (Å²) >= 11 is 6.23. The minimum Gasteiger partial charge on any atom is -0.396 e. The molecule has 2 aromatic carbocycles. The van der Waals surface area contributed by atoms with Gasteiger partial charge in [0.15, 0.2) is 27.3 Å². The smallest absolute Gasteiger partial charge is 0.255 e. The molecule has 4 rings (SSSR count). The monoisotopic (exact) mass is 624 g/mol. The standard InChI is InChI=1S/C25H28ClF3N2O7S2/c1-39(35,36)30-11-16(12-32)25(34)14-3-4-15(25)8-18(7-14)40(37,38)22-6-13(2-5-19(22)26)24(33)31-17-9-20(27)23(29)21(28)10-17/h2,5-6,9-10,14-16,18,30,32,34H,3-4,7-8,11-12H2,1H3,(H,31,33). The molecule has 0 aliphatic heterocycles. The predicted molar refractivity (Wildman–Crippen MR) is 141 cm³/mol. The number of carbonyl (C=O) groups is 1. The van der Waals surface area contributed by atoms with E-state index in [0.717, 1.165) is 12.3 Å². The molecule has 3 atom stereocenters. The van der Waals surface area contributed by atoms with Crippen molar-refractivity contribution in [2.24, 2.45) is 17.8 Å². The lowest BCUT2D eigenvalue weighted by atomic mass is 9.67. The SMILES string of the molecule is CS(=O)(=O)NCC(CO)C1(O)C2CCC1CC(S(=O)(=O)c1cc(C(=O)Nc3cc(F)c(F)c(F)c3)ccc1Cl)C2. The largest absolute Gasteiger partial charge is 0.396 e. The molecule has 0 heterocycles. The van der Waals surface area contributed by atoms with Crippen molar-refractivity contribution in [2.75, 3.05) is 24.7 Å². The van der Waals surface area contributed by atoms with Crippen LogP contribution >= 0.6 is 11.6 Å². The first-order valence-corrected chi connectivity index (χ1v) is 16.2. The lowest BCUT2D eigenvalue weighted by Gasteiger charge is -2.46. The van der Waals surface area contributed by atoms with Gasteiger partial charge in [0.1, 0.15) is 0 Å². The second-order valence-corrected chi connectivity index (χ2v) is 14.8. The third kappa shape index (κ3) is 5.88. The van der Waals surface area contributed by atoms with Crippen molar-refractivity contribution in [1.82, 2.24) is 4.72 Å². The van der Waals surface area contributed by atoms with Gasteiger partial charge in [-0.3, -0.25) is 4.79 Å². The maximum atomic E-state index is 13.7. The van der Waals surface area contributed by atoms with Crippen molar-refractivity contribution in [1.29, 1.82) is 0 Å². The van der Waals surface area contributed by atoms with E-state index in [-0.39, 0.29) is 40.6 Å². The van der Waals surface area contributed by atoms with Crippen molar-refractivity contribution >= 4 is 43.1 Å². The van der Waals surface area contributed by atoms with E-state index >= 15 is 0 Å². The molecule has 9 nitrogen and oxygen atoms in total. The Kier molecular flexibility index (Phi) is 8.61. The minimum atomic E-state index is -4.15. The number of carbonyl (C=O) groups excluding carboxylic acids is 1. The summed E-state index contributed by atoms with van der Waals surface area (Å²) in [6.45, 7) is -0.713. The van der Waals surface area contributed by atoms with Crippen LogP contribution in [0.1, 0.15) is 36.0 Å². The van der Waals surface area contributed by atoms with Crippen molar-refractivity contribution in [3.8, 4) is 0 Å². The summed E-state index contributed by atoms with van der Waals surface area (Å²) in [5, 5.41) is 22.6. The molecule has 2 aromatic rings. The van der Waals surface area contributed by atoms with Crippen molar-refractivity contribution in [2.45, 2.75) is 41.4 Å². The van der Waals surface area contributed by atoms with Gasteiger partial charge in [-0.15, -0.1) is 0 Å². The number of sulfone groups is 1. The van der Waals surface area contributed by atoms with E-state index in [2.05, 4.69) is 10.0 Å². The Bertz CT molecular complexity index is 1500. The molecule has 220 valence electrons. The van der Waals surface area contributed by atoms with Crippen molar-refractivity contribution in [3.05, 3.63) is 58.4 Å². The number of aliphatic hydroxyl groups is 2. The van der Waals surface area contributed by atoms with Crippen LogP contribution in [0.3, 0.4) is 0 Å². The van der Waals surface area contributed by atoms with Gasteiger partial charge in [-0.2, -0.15) is 0 Å². The minimum absolute atomic E-state index is 0.0194. The first kappa shape index (κ1) is 30.7. The zero-order valence-corrected chi connectivity index (χ0v) is 23.6. The Labute approximate surface area is 234 Å². The molecule has 0 aromatic heterocycles. The van der Waals surface area contributed by atoms with Crippen LogP contribution in [-0.2, 0) is 19.9 Å². The first-order chi connectivity index (χ1) is 18.6. The van der Waals surface area contributed by atoms with Crippen LogP contribution < -0.4 is 10.0 Å². The summed E-state index contributed by atoms with van der Waals surface area (Å²) in [5.74, 6) is -7.59. The molecule has 2 bridgehead atoms. The fraction of sp³-hybridized carbons (Fsp3) is 0.480. The Balaban J connectivity index is 1.57. The van der Waals surface area contributed by atoms with Crippen LogP contribution in [0.25, 0.3) is 0 Å². The fourth-order valence-electron chi connectivity index (χ4n) is 5.96. The van der Waals surface area contributed by atoms with Crippen LogP contribution in [0.2, 0.25) is 5.02 Å². The second kappa shape index (κ2) is 11.2. The lowest BCUT2D eigenvalue weighted by Crippen LogP contribution is -2.56. The molecule has 2 aliphatic rings. The Hall–Kier alpha value is -2.23. The number of sulfonamides is 1. The quantitative estimate of drug-likeness (QED) is 0.313. The number of halogens is 4. The van der Waals surface area contributed by atoms with Gasteiger partial charge >= 0.3 is 0 Å². The molecule has 0 spiro atoms. The summed E-state index contributed by atoms with van der Waals surface area (Å²) in [6, 6.07) is 4.61. The van der Waals surface area contributed by atoms with Crippen LogP contribution in [0, 0.1) is 35.2 Å². The maximum absolute atomic E-state index is 13.7. The third-order valence-electron chi connectivity index (χ3n) is 7.91. The number of hydrogen-bond acceptors (Lipinski definition) is 7. The Morgan fingerprint density at radius 2 is 1.65 bits per heavy atom. The predicted octanol–water partition coefficient (Wildman–Crippen LogP) is 2.86. The van der Waals surface area contributed by atoms with Crippen LogP contribution in [0.5, 0.6) is 0 Å². The number of hydrogen-bond donors (Lipinski definition) is 4. The number of fused-ring (bicyclic) bond motifs is 2. The number of anilines is 1. The highest BCUT2D eigenvalue weighted by Crippen LogP contribution is 2.55. The number of amides is 1. The normalized spacial score (nSPS) is 25.5. The van der Waals surface area contributed by atoms with Crippen LogP contribution in [-0.4, -0.2) is 63.2 Å². The molecule has 1 amide bonds. The van der Waals surface area contributed by atoms with Crippen molar-refractivity contribution < 1.29 is 45.0 Å². The van der Waals surface area contributed by atoms with E-state index in [4.69, 9.17) is 11.6 Å². The van der Waals surface area contributed by atoms with Crippen LogP contribution in [0.15, 0.2) is 35.2 Å². The number of aliphatic hydroxyl groups excluding tert-OH is 1. The zero-order chi connectivity index (χ0) is 29.6. The highest BCUT2D eigenvalue weighted by atomic mass is 35.5. The second-order valence-electron chi connectivity index (χ2n) is 10.4. The molecule has 4 N–H and O–H groups in total. The summed E-state index contributed by atoms with van der Waals surface area (Å²) in [5.41, 5.74) is -2.05. The molecule has 2 fully saturated rings. The van der Waals surface area contributed by atoms with Gasteiger partial charge in [0.05, 0.1) is 27.0 Å². The van der Waals surface area contributed by atoms with E-state index in [1.54, 1.807) is 0 Å². The average Bonchev–Trinajstić information content (AvgIpc) is 3.03. The molecule has 15 heteroatoms. The van der Waals surface area contributed by atoms with Gasteiger partial charge in [0.25, 0.3) is 5.91 Å².